The van der Waals surface area contributed by atoms with Crippen LogP contribution < -0.4 is 10.6 Å². The number of hydrogen-bond donors (Lipinski definition) is 3. The van der Waals surface area contributed by atoms with Crippen LogP contribution >= 0.6 is 0 Å². The summed E-state index contributed by atoms with van der Waals surface area (Å²) in [4.78, 5) is 11.2. The summed E-state index contributed by atoms with van der Waals surface area (Å²) in [5.74, 6) is 0. The van der Waals surface area contributed by atoms with Crippen LogP contribution in [0.3, 0.4) is 0 Å². The molecule has 0 unspecified atom stereocenters. The number of hydrogen-bond acceptors (Lipinski definition) is 2. The Kier molecular flexibility index (Phi) is 5.62. The number of nitrogens with one attached hydrogen (secondary N) is 2. The topological polar surface area (TPSA) is 61.4 Å². The first kappa shape index (κ1) is 15.3. The molecule has 0 radical (unpaired) electrons. The molecular weight excluding hydrogens is 261 g/mol. The number of rotatable bonds is 5. The molecule has 3 N–H and O–H groups in total. The van der Waals surface area contributed by atoms with Gasteiger partial charge in [-0.1, -0.05) is 12.1 Å². The molecule has 0 aliphatic heterocycles. The van der Waals surface area contributed by atoms with E-state index in [1.165, 1.54) is 0 Å². The van der Waals surface area contributed by atoms with E-state index in [1.807, 2.05) is 6.07 Å². The standard InChI is InChI=1S/C12H15F3N2O2/c13-12(14,15)8-16-11(19)17-10-5-1-3-9(7-10)4-2-6-18/h1,3,5,7,18H,2,4,6,8H2,(H2,16,17,19). The first-order valence-corrected chi connectivity index (χ1v) is 5.72. The Morgan fingerprint density at radius 3 is 2.68 bits per heavy atom. The third-order valence-corrected chi connectivity index (χ3v) is 2.26. The summed E-state index contributed by atoms with van der Waals surface area (Å²) >= 11 is 0. The van der Waals surface area contributed by atoms with E-state index in [0.29, 0.717) is 18.5 Å². The lowest BCUT2D eigenvalue weighted by Gasteiger charge is -2.10. The van der Waals surface area contributed by atoms with Gasteiger partial charge in [0.25, 0.3) is 0 Å². The van der Waals surface area contributed by atoms with E-state index in [4.69, 9.17) is 5.11 Å². The van der Waals surface area contributed by atoms with Crippen molar-refractivity contribution < 1.29 is 23.1 Å². The molecule has 0 aliphatic rings. The molecule has 19 heavy (non-hydrogen) atoms. The van der Waals surface area contributed by atoms with Crippen LogP contribution in [0.5, 0.6) is 0 Å². The minimum absolute atomic E-state index is 0.0593. The summed E-state index contributed by atoms with van der Waals surface area (Å²) in [6, 6.07) is 5.83. The van der Waals surface area contributed by atoms with Gasteiger partial charge in [-0.15, -0.1) is 0 Å². The molecular formula is C12H15F3N2O2. The van der Waals surface area contributed by atoms with Crippen LogP contribution in [-0.2, 0) is 6.42 Å². The van der Waals surface area contributed by atoms with Crippen LogP contribution in [0.4, 0.5) is 23.7 Å². The highest BCUT2D eigenvalue weighted by Crippen LogP contribution is 2.14. The normalized spacial score (nSPS) is 11.2. The molecule has 0 fully saturated rings. The Hall–Kier alpha value is -1.76. The molecule has 0 aromatic heterocycles. The summed E-state index contributed by atoms with van der Waals surface area (Å²) < 4.78 is 35.7. The number of aliphatic hydroxyl groups is 1. The van der Waals surface area contributed by atoms with Gasteiger partial charge in [-0.25, -0.2) is 4.79 Å². The van der Waals surface area contributed by atoms with E-state index in [1.54, 1.807) is 23.5 Å². The molecule has 0 saturated heterocycles. The largest absolute Gasteiger partial charge is 0.405 e. The van der Waals surface area contributed by atoms with Crippen LogP contribution in [0.15, 0.2) is 24.3 Å². The van der Waals surface area contributed by atoms with E-state index in [9.17, 15) is 18.0 Å². The SMILES string of the molecule is O=C(NCC(F)(F)F)Nc1cccc(CCCO)c1. The molecule has 1 aromatic carbocycles. The third-order valence-electron chi connectivity index (χ3n) is 2.26. The van der Waals surface area contributed by atoms with Gasteiger partial charge in [0.1, 0.15) is 6.54 Å². The van der Waals surface area contributed by atoms with Gasteiger partial charge in [-0.3, -0.25) is 0 Å². The highest BCUT2D eigenvalue weighted by molar-refractivity contribution is 5.89. The van der Waals surface area contributed by atoms with Gasteiger partial charge >= 0.3 is 12.2 Å². The summed E-state index contributed by atoms with van der Waals surface area (Å²) in [5.41, 5.74) is 1.30. The number of anilines is 1. The van der Waals surface area contributed by atoms with Gasteiger partial charge in [0, 0.05) is 12.3 Å². The summed E-state index contributed by atoms with van der Waals surface area (Å²) in [7, 11) is 0. The fourth-order valence-electron chi connectivity index (χ4n) is 1.44. The molecule has 0 aliphatic carbocycles. The van der Waals surface area contributed by atoms with Crippen molar-refractivity contribution in [1.29, 1.82) is 0 Å². The van der Waals surface area contributed by atoms with Gasteiger partial charge in [0.05, 0.1) is 0 Å². The monoisotopic (exact) mass is 276 g/mol. The zero-order valence-electron chi connectivity index (χ0n) is 10.1. The highest BCUT2D eigenvalue weighted by atomic mass is 19.4. The predicted octanol–water partition coefficient (Wildman–Crippen LogP) is 2.30. The molecule has 0 saturated carbocycles. The Balaban J connectivity index is 2.49. The number of amides is 2. The van der Waals surface area contributed by atoms with Crippen molar-refractivity contribution in [3.05, 3.63) is 29.8 Å². The summed E-state index contributed by atoms with van der Waals surface area (Å²) in [5, 5.41) is 12.7. The smallest absolute Gasteiger partial charge is 0.396 e. The van der Waals surface area contributed by atoms with Crippen molar-refractivity contribution in [3.8, 4) is 0 Å². The molecule has 4 nitrogen and oxygen atoms in total. The number of carbonyl (C=O) groups excluding carboxylic acids is 1. The first-order chi connectivity index (χ1) is 8.90. The van der Waals surface area contributed by atoms with Crippen molar-refractivity contribution in [3.63, 3.8) is 0 Å². The van der Waals surface area contributed by atoms with Crippen LogP contribution in [0, 0.1) is 0 Å². The maximum Gasteiger partial charge on any atom is 0.405 e. The Morgan fingerprint density at radius 1 is 1.32 bits per heavy atom. The third kappa shape index (κ3) is 6.66. The average Bonchev–Trinajstić information content (AvgIpc) is 2.33. The minimum atomic E-state index is -4.43. The molecule has 7 heteroatoms. The van der Waals surface area contributed by atoms with Crippen molar-refractivity contribution in [1.82, 2.24) is 5.32 Å². The quantitative estimate of drug-likeness (QED) is 0.772. The van der Waals surface area contributed by atoms with E-state index in [0.717, 1.165) is 5.56 Å². The zero-order chi connectivity index (χ0) is 14.3. The fraction of sp³-hybridized carbons (Fsp3) is 0.417. The van der Waals surface area contributed by atoms with Crippen molar-refractivity contribution in [2.75, 3.05) is 18.5 Å². The first-order valence-electron chi connectivity index (χ1n) is 5.72. The lowest BCUT2D eigenvalue weighted by Crippen LogP contribution is -2.36. The lowest BCUT2D eigenvalue weighted by atomic mass is 10.1. The zero-order valence-corrected chi connectivity index (χ0v) is 10.1. The number of halogens is 3. The molecule has 0 atom stereocenters. The molecule has 1 rings (SSSR count). The van der Waals surface area contributed by atoms with Gasteiger partial charge in [0.2, 0.25) is 0 Å². The highest BCUT2D eigenvalue weighted by Gasteiger charge is 2.27. The van der Waals surface area contributed by atoms with Gasteiger partial charge in [-0.05, 0) is 30.5 Å². The summed E-state index contributed by atoms with van der Waals surface area (Å²) in [6.07, 6.45) is -3.21. The molecule has 106 valence electrons. The number of alkyl halides is 3. The number of aryl methyl sites for hydroxylation is 1. The molecule has 2 amide bonds. The lowest BCUT2D eigenvalue weighted by molar-refractivity contribution is -0.122. The van der Waals surface area contributed by atoms with Gasteiger partial charge < -0.3 is 15.7 Å². The number of urea groups is 1. The van der Waals surface area contributed by atoms with Gasteiger partial charge in [0.15, 0.2) is 0 Å². The maximum absolute atomic E-state index is 11.9. The van der Waals surface area contributed by atoms with E-state index in [-0.39, 0.29) is 6.61 Å². The second-order valence-electron chi connectivity index (χ2n) is 3.95. The fourth-order valence-corrected chi connectivity index (χ4v) is 1.44. The van der Waals surface area contributed by atoms with Crippen molar-refractivity contribution in [2.24, 2.45) is 0 Å². The van der Waals surface area contributed by atoms with Crippen LogP contribution in [-0.4, -0.2) is 30.5 Å². The Labute approximate surface area is 108 Å². The van der Waals surface area contributed by atoms with Crippen LogP contribution in [0.25, 0.3) is 0 Å². The molecule has 0 bridgehead atoms. The Morgan fingerprint density at radius 2 is 2.05 bits per heavy atom. The second-order valence-corrected chi connectivity index (χ2v) is 3.95. The molecule has 1 aromatic rings. The van der Waals surface area contributed by atoms with Crippen LogP contribution in [0.1, 0.15) is 12.0 Å². The number of benzene rings is 1. The number of carbonyl (C=O) groups is 1. The van der Waals surface area contributed by atoms with Crippen LogP contribution in [0.2, 0.25) is 0 Å². The van der Waals surface area contributed by atoms with Crippen molar-refractivity contribution in [2.45, 2.75) is 19.0 Å². The van der Waals surface area contributed by atoms with Crippen molar-refractivity contribution >= 4 is 11.7 Å². The maximum atomic E-state index is 11.9. The van der Waals surface area contributed by atoms with E-state index >= 15 is 0 Å². The summed E-state index contributed by atoms with van der Waals surface area (Å²) in [6.45, 7) is -1.31. The minimum Gasteiger partial charge on any atom is -0.396 e. The van der Waals surface area contributed by atoms with E-state index in [2.05, 4.69) is 5.32 Å². The number of aliphatic hydroxyl groups excluding tert-OH is 1. The predicted molar refractivity (Wildman–Crippen MR) is 64.9 cm³/mol. The average molecular weight is 276 g/mol. The van der Waals surface area contributed by atoms with Gasteiger partial charge in [-0.2, -0.15) is 13.2 Å². The Bertz CT molecular complexity index is 422. The second kappa shape index (κ2) is 6.98. The molecule has 0 spiro atoms. The van der Waals surface area contributed by atoms with E-state index < -0.39 is 18.8 Å². The molecule has 0 heterocycles.